The van der Waals surface area contributed by atoms with Crippen LogP contribution in [0.5, 0.6) is 0 Å². The van der Waals surface area contributed by atoms with Gasteiger partial charge in [0.25, 0.3) is 0 Å². The minimum Gasteiger partial charge on any atom is -0.352 e. The zero-order valence-corrected chi connectivity index (χ0v) is 11.0. The van der Waals surface area contributed by atoms with E-state index in [0.717, 1.165) is 38.5 Å². The molecule has 2 heterocycles. The first-order valence-corrected chi connectivity index (χ1v) is 6.39. The Kier molecular flexibility index (Phi) is 4.11. The number of hydrogen-bond donors (Lipinski definition) is 0. The Morgan fingerprint density at radius 1 is 1.22 bits per heavy atom. The number of rotatable bonds is 3. The van der Waals surface area contributed by atoms with Crippen LogP contribution in [0.2, 0.25) is 0 Å². The Balaban J connectivity index is 1.99. The highest BCUT2D eigenvalue weighted by Crippen LogP contribution is 2.16. The summed E-state index contributed by atoms with van der Waals surface area (Å²) in [5.41, 5.74) is 0.426. The van der Waals surface area contributed by atoms with E-state index in [0.29, 0.717) is 11.6 Å². The van der Waals surface area contributed by atoms with Crippen molar-refractivity contribution >= 4 is 5.82 Å². The van der Waals surface area contributed by atoms with Crippen LogP contribution in [0.25, 0.3) is 0 Å². The Labute approximate surface area is 108 Å². The van der Waals surface area contributed by atoms with Gasteiger partial charge in [-0.3, -0.25) is 4.90 Å². The predicted octanol–water partition coefficient (Wildman–Crippen LogP) is 1.13. The fraction of sp³-hybridized carbons (Fsp3) is 0.615. The van der Waals surface area contributed by atoms with E-state index in [9.17, 15) is 0 Å². The molecule has 2 rings (SSSR count). The first-order chi connectivity index (χ1) is 8.70. The highest BCUT2D eigenvalue weighted by Gasteiger charge is 2.20. The molecule has 0 unspecified atom stereocenters. The molecule has 5 nitrogen and oxygen atoms in total. The minimum atomic E-state index is 0.426. The van der Waals surface area contributed by atoms with Crippen LogP contribution in [0.1, 0.15) is 19.5 Å². The zero-order chi connectivity index (χ0) is 13.0. The molecule has 0 spiro atoms. The zero-order valence-electron chi connectivity index (χ0n) is 11.0. The fourth-order valence-electron chi connectivity index (χ4n) is 2.30. The van der Waals surface area contributed by atoms with Crippen molar-refractivity contribution in [2.75, 3.05) is 37.6 Å². The summed E-state index contributed by atoms with van der Waals surface area (Å²) >= 11 is 0. The highest BCUT2D eigenvalue weighted by molar-refractivity contribution is 5.49. The number of nitriles is 1. The van der Waals surface area contributed by atoms with Gasteiger partial charge in [0.15, 0.2) is 11.5 Å². The Morgan fingerprint density at radius 2 is 1.89 bits per heavy atom. The van der Waals surface area contributed by atoms with Gasteiger partial charge in [0.2, 0.25) is 0 Å². The van der Waals surface area contributed by atoms with Crippen molar-refractivity contribution < 1.29 is 0 Å². The summed E-state index contributed by atoms with van der Waals surface area (Å²) in [7, 11) is 0. The summed E-state index contributed by atoms with van der Waals surface area (Å²) in [5, 5.41) is 9.03. The molecule has 0 aromatic carbocycles. The summed E-state index contributed by atoms with van der Waals surface area (Å²) in [5.74, 6) is 1.42. The molecule has 18 heavy (non-hydrogen) atoms. The molecule has 96 valence electrons. The summed E-state index contributed by atoms with van der Waals surface area (Å²) < 4.78 is 0. The lowest BCUT2D eigenvalue weighted by atomic mass is 10.2. The second-order valence-electron chi connectivity index (χ2n) is 5.02. The maximum Gasteiger partial charge on any atom is 0.183 e. The van der Waals surface area contributed by atoms with E-state index in [4.69, 9.17) is 5.26 Å². The normalized spacial score (nSPS) is 16.9. The molecule has 0 N–H and O–H groups in total. The standard InChI is InChI=1S/C13H19N5/c1-11(2)10-17-5-7-18(8-6-17)13-12(9-14)15-3-4-16-13/h3-4,11H,5-8,10H2,1-2H3. The van der Waals surface area contributed by atoms with E-state index in [1.807, 2.05) is 0 Å². The van der Waals surface area contributed by atoms with E-state index in [2.05, 4.69) is 39.7 Å². The minimum absolute atomic E-state index is 0.426. The van der Waals surface area contributed by atoms with Crippen LogP contribution >= 0.6 is 0 Å². The number of hydrogen-bond acceptors (Lipinski definition) is 5. The van der Waals surface area contributed by atoms with Crippen LogP contribution in [-0.4, -0.2) is 47.6 Å². The van der Waals surface area contributed by atoms with E-state index in [-0.39, 0.29) is 0 Å². The molecule has 1 aliphatic heterocycles. The molecule has 0 aliphatic carbocycles. The van der Waals surface area contributed by atoms with E-state index in [1.54, 1.807) is 12.4 Å². The molecule has 0 saturated carbocycles. The van der Waals surface area contributed by atoms with Gasteiger partial charge >= 0.3 is 0 Å². The third-order valence-electron chi connectivity index (χ3n) is 3.08. The molecule has 1 aromatic heterocycles. The molecule has 1 aromatic rings. The summed E-state index contributed by atoms with van der Waals surface area (Å²) in [6, 6.07) is 2.11. The van der Waals surface area contributed by atoms with Gasteiger partial charge in [-0.15, -0.1) is 0 Å². The molecule has 0 atom stereocenters. The highest BCUT2D eigenvalue weighted by atomic mass is 15.3. The van der Waals surface area contributed by atoms with Gasteiger partial charge in [0.1, 0.15) is 6.07 Å². The smallest absolute Gasteiger partial charge is 0.183 e. The average Bonchev–Trinajstić information content (AvgIpc) is 2.39. The van der Waals surface area contributed by atoms with Crippen molar-refractivity contribution in [1.82, 2.24) is 14.9 Å². The van der Waals surface area contributed by atoms with Gasteiger partial charge in [0.05, 0.1) is 0 Å². The van der Waals surface area contributed by atoms with Crippen LogP contribution in [0.3, 0.4) is 0 Å². The first kappa shape index (κ1) is 12.8. The van der Waals surface area contributed by atoms with Crippen molar-refractivity contribution in [2.45, 2.75) is 13.8 Å². The van der Waals surface area contributed by atoms with E-state index >= 15 is 0 Å². The SMILES string of the molecule is CC(C)CN1CCN(c2nccnc2C#N)CC1. The molecule has 5 heteroatoms. The van der Waals surface area contributed by atoms with Gasteiger partial charge in [-0.1, -0.05) is 13.8 Å². The lowest BCUT2D eigenvalue weighted by Gasteiger charge is -2.36. The fourth-order valence-corrected chi connectivity index (χ4v) is 2.30. The molecule has 0 bridgehead atoms. The summed E-state index contributed by atoms with van der Waals surface area (Å²) in [4.78, 5) is 13.0. The Bertz CT molecular complexity index is 429. The quantitative estimate of drug-likeness (QED) is 0.799. The van der Waals surface area contributed by atoms with Crippen LogP contribution < -0.4 is 4.90 Å². The maximum absolute atomic E-state index is 9.03. The largest absolute Gasteiger partial charge is 0.352 e. The van der Waals surface area contributed by atoms with Gasteiger partial charge in [0, 0.05) is 45.1 Å². The number of piperazine rings is 1. The third kappa shape index (κ3) is 2.96. The van der Waals surface area contributed by atoms with Crippen LogP contribution in [0.4, 0.5) is 5.82 Å². The second-order valence-corrected chi connectivity index (χ2v) is 5.02. The predicted molar refractivity (Wildman–Crippen MR) is 70.2 cm³/mol. The average molecular weight is 245 g/mol. The first-order valence-electron chi connectivity index (χ1n) is 6.39. The molecule has 1 fully saturated rings. The molecule has 0 radical (unpaired) electrons. The molecular weight excluding hydrogens is 226 g/mol. The van der Waals surface area contributed by atoms with E-state index < -0.39 is 0 Å². The van der Waals surface area contributed by atoms with Crippen molar-refractivity contribution in [3.8, 4) is 6.07 Å². The van der Waals surface area contributed by atoms with Gasteiger partial charge in [-0.2, -0.15) is 5.26 Å². The molecule has 1 aliphatic rings. The lowest BCUT2D eigenvalue weighted by molar-refractivity contribution is 0.231. The molecular formula is C13H19N5. The van der Waals surface area contributed by atoms with Crippen LogP contribution in [-0.2, 0) is 0 Å². The lowest BCUT2D eigenvalue weighted by Crippen LogP contribution is -2.48. The van der Waals surface area contributed by atoms with Gasteiger partial charge in [-0.25, -0.2) is 9.97 Å². The molecule has 0 amide bonds. The number of anilines is 1. The van der Waals surface area contributed by atoms with Crippen molar-refractivity contribution in [3.05, 3.63) is 18.1 Å². The van der Waals surface area contributed by atoms with Crippen LogP contribution in [0, 0.1) is 17.2 Å². The van der Waals surface area contributed by atoms with E-state index in [1.165, 1.54) is 0 Å². The van der Waals surface area contributed by atoms with Crippen molar-refractivity contribution in [1.29, 1.82) is 5.26 Å². The second kappa shape index (κ2) is 5.78. The Morgan fingerprint density at radius 3 is 2.50 bits per heavy atom. The number of aromatic nitrogens is 2. The van der Waals surface area contributed by atoms with Crippen molar-refractivity contribution in [3.63, 3.8) is 0 Å². The Hall–Kier alpha value is -1.67. The monoisotopic (exact) mass is 245 g/mol. The summed E-state index contributed by atoms with van der Waals surface area (Å²) in [6.07, 6.45) is 3.22. The number of nitrogens with zero attached hydrogens (tertiary/aromatic N) is 5. The summed E-state index contributed by atoms with van der Waals surface area (Å²) in [6.45, 7) is 9.50. The topological polar surface area (TPSA) is 56.1 Å². The van der Waals surface area contributed by atoms with Crippen molar-refractivity contribution in [2.24, 2.45) is 5.92 Å². The van der Waals surface area contributed by atoms with Crippen LogP contribution in [0.15, 0.2) is 12.4 Å². The van der Waals surface area contributed by atoms with Gasteiger partial charge < -0.3 is 4.90 Å². The molecule has 1 saturated heterocycles. The maximum atomic E-state index is 9.03. The van der Waals surface area contributed by atoms with Gasteiger partial charge in [-0.05, 0) is 5.92 Å². The third-order valence-corrected chi connectivity index (χ3v) is 3.08.